The van der Waals surface area contributed by atoms with Crippen LogP contribution in [0.15, 0.2) is 24.3 Å². The number of ketones is 1. The van der Waals surface area contributed by atoms with E-state index in [0.29, 0.717) is 18.0 Å². The zero-order chi connectivity index (χ0) is 13.7. The summed E-state index contributed by atoms with van der Waals surface area (Å²) in [6.07, 6.45) is 6.05. The van der Waals surface area contributed by atoms with Crippen molar-refractivity contribution >= 4 is 16.7 Å². The lowest BCUT2D eigenvalue weighted by molar-refractivity contribution is 0.0940. The van der Waals surface area contributed by atoms with Crippen LogP contribution in [0.2, 0.25) is 0 Å². The molecule has 1 heterocycles. The minimum absolute atomic E-state index is 0.236. The van der Waals surface area contributed by atoms with Crippen molar-refractivity contribution in [3.63, 3.8) is 0 Å². The van der Waals surface area contributed by atoms with E-state index in [9.17, 15) is 4.79 Å². The fourth-order valence-corrected chi connectivity index (χ4v) is 4.38. The molecule has 3 nitrogen and oxygen atoms in total. The second-order valence-electron chi connectivity index (χ2n) is 6.55. The molecule has 1 aromatic carbocycles. The number of fused-ring (bicyclic) bond motifs is 3. The van der Waals surface area contributed by atoms with Gasteiger partial charge >= 0.3 is 0 Å². The zero-order valence-corrected chi connectivity index (χ0v) is 11.9. The molecule has 0 amide bonds. The van der Waals surface area contributed by atoms with Crippen LogP contribution in [0.5, 0.6) is 0 Å². The third kappa shape index (κ3) is 1.80. The van der Waals surface area contributed by atoms with Gasteiger partial charge in [-0.25, -0.2) is 0 Å². The largest absolute Gasteiger partial charge is 0.292 e. The van der Waals surface area contributed by atoms with Crippen LogP contribution >= 0.6 is 0 Å². The van der Waals surface area contributed by atoms with Crippen LogP contribution in [0.1, 0.15) is 42.6 Å². The molecular formula is C17H20N2O. The second-order valence-corrected chi connectivity index (χ2v) is 6.55. The first kappa shape index (κ1) is 12.1. The summed E-state index contributed by atoms with van der Waals surface area (Å²) < 4.78 is 1.82. The molecule has 4 rings (SSSR count). The van der Waals surface area contributed by atoms with Crippen molar-refractivity contribution < 1.29 is 4.79 Å². The summed E-state index contributed by atoms with van der Waals surface area (Å²) in [7, 11) is 1.91. The van der Waals surface area contributed by atoms with E-state index in [4.69, 9.17) is 0 Å². The van der Waals surface area contributed by atoms with Crippen LogP contribution in [-0.2, 0) is 7.05 Å². The number of hydrogen-bond donors (Lipinski definition) is 0. The number of benzene rings is 1. The first-order valence-corrected chi connectivity index (χ1v) is 7.67. The molecule has 3 atom stereocenters. The summed E-state index contributed by atoms with van der Waals surface area (Å²) in [5, 5.41) is 5.46. The quantitative estimate of drug-likeness (QED) is 0.797. The maximum absolute atomic E-state index is 12.6. The molecule has 2 bridgehead atoms. The Morgan fingerprint density at radius 3 is 2.90 bits per heavy atom. The molecule has 2 aliphatic carbocycles. The standard InChI is InChI=1S/C17H20N2O/c1-19-15-5-3-2-4-14(15)17(18-19)16(20)10-13-9-11-6-7-12(13)8-11/h2-5,11-13H,6-10H2,1H3. The number of carbonyl (C=O) groups excluding carboxylic acids is 1. The molecule has 2 aliphatic rings. The molecule has 104 valence electrons. The van der Waals surface area contributed by atoms with Gasteiger partial charge in [-0.3, -0.25) is 9.48 Å². The van der Waals surface area contributed by atoms with Crippen molar-refractivity contribution in [2.45, 2.75) is 32.1 Å². The minimum Gasteiger partial charge on any atom is -0.292 e. The SMILES string of the molecule is Cn1nc(C(=O)CC2CC3CCC2C3)c2ccccc21. The maximum Gasteiger partial charge on any atom is 0.183 e. The number of aryl methyl sites for hydroxylation is 1. The molecule has 2 fully saturated rings. The fraction of sp³-hybridized carbons (Fsp3) is 0.529. The van der Waals surface area contributed by atoms with Crippen LogP contribution < -0.4 is 0 Å². The Hall–Kier alpha value is -1.64. The van der Waals surface area contributed by atoms with Crippen LogP contribution in [0.3, 0.4) is 0 Å². The van der Waals surface area contributed by atoms with Crippen molar-refractivity contribution in [1.29, 1.82) is 0 Å². The Morgan fingerprint density at radius 1 is 1.30 bits per heavy atom. The summed E-state index contributed by atoms with van der Waals surface area (Å²) in [4.78, 5) is 12.6. The van der Waals surface area contributed by atoms with E-state index in [1.165, 1.54) is 25.7 Å². The average molecular weight is 268 g/mol. The summed E-state index contributed by atoms with van der Waals surface area (Å²) in [6.45, 7) is 0. The van der Waals surface area contributed by atoms with Gasteiger partial charge in [0.05, 0.1) is 5.52 Å². The van der Waals surface area contributed by atoms with E-state index in [1.807, 2.05) is 36.0 Å². The van der Waals surface area contributed by atoms with Crippen molar-refractivity contribution in [3.05, 3.63) is 30.0 Å². The zero-order valence-electron chi connectivity index (χ0n) is 11.9. The van der Waals surface area contributed by atoms with E-state index in [-0.39, 0.29) is 5.78 Å². The monoisotopic (exact) mass is 268 g/mol. The predicted octanol–water partition coefficient (Wildman–Crippen LogP) is 3.58. The van der Waals surface area contributed by atoms with Gasteiger partial charge in [0.1, 0.15) is 5.69 Å². The van der Waals surface area contributed by atoms with E-state index >= 15 is 0 Å². The van der Waals surface area contributed by atoms with Gasteiger partial charge < -0.3 is 0 Å². The summed E-state index contributed by atoms with van der Waals surface area (Å²) in [5.74, 6) is 2.55. The van der Waals surface area contributed by atoms with Crippen LogP contribution in [0.4, 0.5) is 0 Å². The molecule has 1 aromatic heterocycles. The Balaban J connectivity index is 1.61. The molecule has 2 aromatic rings. The maximum atomic E-state index is 12.6. The summed E-state index contributed by atoms with van der Waals surface area (Å²) >= 11 is 0. The van der Waals surface area contributed by atoms with E-state index in [2.05, 4.69) is 5.10 Å². The smallest absolute Gasteiger partial charge is 0.183 e. The lowest BCUT2D eigenvalue weighted by Crippen LogP contribution is -2.16. The molecule has 0 N–H and O–H groups in total. The topological polar surface area (TPSA) is 34.9 Å². The lowest BCUT2D eigenvalue weighted by atomic mass is 9.84. The van der Waals surface area contributed by atoms with Crippen LogP contribution in [0, 0.1) is 17.8 Å². The molecule has 0 radical (unpaired) electrons. The highest BCUT2D eigenvalue weighted by molar-refractivity contribution is 6.06. The Labute approximate surface area is 119 Å². The fourth-order valence-electron chi connectivity index (χ4n) is 4.38. The van der Waals surface area contributed by atoms with E-state index in [0.717, 1.165) is 22.7 Å². The van der Waals surface area contributed by atoms with Crippen molar-refractivity contribution in [2.24, 2.45) is 24.8 Å². The van der Waals surface area contributed by atoms with Gasteiger partial charge in [0.15, 0.2) is 5.78 Å². The number of hydrogen-bond acceptors (Lipinski definition) is 2. The highest BCUT2D eigenvalue weighted by Crippen LogP contribution is 2.49. The van der Waals surface area contributed by atoms with Crippen LogP contribution in [0.25, 0.3) is 10.9 Å². The van der Waals surface area contributed by atoms with E-state index in [1.54, 1.807) is 0 Å². The Kier molecular flexibility index (Phi) is 2.69. The van der Waals surface area contributed by atoms with Crippen molar-refractivity contribution in [2.75, 3.05) is 0 Å². The molecular weight excluding hydrogens is 248 g/mol. The summed E-state index contributed by atoms with van der Waals surface area (Å²) in [5.41, 5.74) is 1.72. The number of aromatic nitrogens is 2. The number of nitrogens with zero attached hydrogens (tertiary/aromatic N) is 2. The first-order chi connectivity index (χ1) is 9.72. The van der Waals surface area contributed by atoms with Gasteiger partial charge in [0.2, 0.25) is 0 Å². The van der Waals surface area contributed by atoms with Gasteiger partial charge in [-0.2, -0.15) is 5.10 Å². The average Bonchev–Trinajstić information content (AvgIpc) is 3.14. The van der Waals surface area contributed by atoms with Crippen molar-refractivity contribution in [3.8, 4) is 0 Å². The molecule has 0 spiro atoms. The van der Waals surface area contributed by atoms with E-state index < -0.39 is 0 Å². The molecule has 3 unspecified atom stereocenters. The highest BCUT2D eigenvalue weighted by atomic mass is 16.1. The predicted molar refractivity (Wildman–Crippen MR) is 78.6 cm³/mol. The van der Waals surface area contributed by atoms with Crippen LogP contribution in [-0.4, -0.2) is 15.6 Å². The number of rotatable bonds is 3. The lowest BCUT2D eigenvalue weighted by Gasteiger charge is -2.20. The number of Topliss-reactive ketones (excluding diaryl/α,β-unsaturated/α-hetero) is 1. The Bertz CT molecular complexity index is 673. The first-order valence-electron chi connectivity index (χ1n) is 7.67. The van der Waals surface area contributed by atoms with Gasteiger partial charge in [-0.05, 0) is 43.1 Å². The van der Waals surface area contributed by atoms with Gasteiger partial charge in [0, 0.05) is 18.9 Å². The highest BCUT2D eigenvalue weighted by Gasteiger charge is 2.40. The molecule has 3 heteroatoms. The third-order valence-corrected chi connectivity index (χ3v) is 5.35. The van der Waals surface area contributed by atoms with Gasteiger partial charge in [0.25, 0.3) is 0 Å². The summed E-state index contributed by atoms with van der Waals surface area (Å²) in [6, 6.07) is 8.01. The van der Waals surface area contributed by atoms with Gasteiger partial charge in [-0.1, -0.05) is 24.6 Å². The Morgan fingerprint density at radius 2 is 2.15 bits per heavy atom. The normalized spacial score (nSPS) is 28.4. The number of para-hydroxylation sites is 1. The second kappa shape index (κ2) is 4.44. The third-order valence-electron chi connectivity index (χ3n) is 5.35. The number of carbonyl (C=O) groups is 1. The van der Waals surface area contributed by atoms with Crippen molar-refractivity contribution in [1.82, 2.24) is 9.78 Å². The minimum atomic E-state index is 0.236. The van der Waals surface area contributed by atoms with Gasteiger partial charge in [-0.15, -0.1) is 0 Å². The molecule has 0 saturated heterocycles. The molecule has 0 aliphatic heterocycles. The molecule has 20 heavy (non-hydrogen) atoms. The molecule has 2 saturated carbocycles.